The van der Waals surface area contributed by atoms with Crippen LogP contribution in [0.4, 0.5) is 5.69 Å². The quantitative estimate of drug-likeness (QED) is 0.457. The third kappa shape index (κ3) is 4.08. The van der Waals surface area contributed by atoms with Crippen molar-refractivity contribution in [2.75, 3.05) is 12.3 Å². The fraction of sp³-hybridized carbons (Fsp3) is 0.296. The highest BCUT2D eigenvalue weighted by molar-refractivity contribution is 5.68. The summed E-state index contributed by atoms with van der Waals surface area (Å²) in [7, 11) is 0. The van der Waals surface area contributed by atoms with E-state index < -0.39 is 0 Å². The Bertz CT molecular complexity index is 1190. The van der Waals surface area contributed by atoms with E-state index in [-0.39, 0.29) is 0 Å². The van der Waals surface area contributed by atoms with Crippen molar-refractivity contribution in [1.82, 2.24) is 14.3 Å². The van der Waals surface area contributed by atoms with E-state index in [2.05, 4.69) is 64.8 Å². The summed E-state index contributed by atoms with van der Waals surface area (Å²) in [5.74, 6) is 0. The van der Waals surface area contributed by atoms with Crippen molar-refractivity contribution in [2.24, 2.45) is 0 Å². The number of nitrogen functional groups attached to an aromatic ring is 1. The van der Waals surface area contributed by atoms with Crippen LogP contribution in [0.3, 0.4) is 0 Å². The molecule has 31 heavy (non-hydrogen) atoms. The molecule has 0 bridgehead atoms. The van der Waals surface area contributed by atoms with Crippen molar-refractivity contribution in [1.29, 1.82) is 0 Å². The van der Waals surface area contributed by atoms with Gasteiger partial charge in [-0.1, -0.05) is 49.4 Å². The third-order valence-electron chi connectivity index (χ3n) is 6.43. The van der Waals surface area contributed by atoms with E-state index in [0.29, 0.717) is 0 Å². The number of benzene rings is 2. The molecular formula is C27H30N4. The fourth-order valence-electron chi connectivity index (χ4n) is 4.71. The van der Waals surface area contributed by atoms with E-state index in [0.717, 1.165) is 36.7 Å². The molecule has 2 N–H and O–H groups in total. The Kier molecular flexibility index (Phi) is 5.47. The van der Waals surface area contributed by atoms with E-state index in [4.69, 9.17) is 10.7 Å². The van der Waals surface area contributed by atoms with Gasteiger partial charge in [0.2, 0.25) is 0 Å². The summed E-state index contributed by atoms with van der Waals surface area (Å²) < 4.78 is 2.18. The van der Waals surface area contributed by atoms with Gasteiger partial charge in [-0.05, 0) is 67.1 Å². The maximum atomic E-state index is 6.16. The minimum atomic E-state index is 0.759. The van der Waals surface area contributed by atoms with E-state index in [1.807, 2.05) is 18.3 Å². The zero-order valence-electron chi connectivity index (χ0n) is 18.2. The predicted octanol–water partition coefficient (Wildman–Crippen LogP) is 5.48. The van der Waals surface area contributed by atoms with Crippen LogP contribution in [0.15, 0.2) is 66.9 Å². The molecule has 0 aliphatic heterocycles. The van der Waals surface area contributed by atoms with Gasteiger partial charge in [0.25, 0.3) is 0 Å². The molecule has 0 radical (unpaired) electrons. The summed E-state index contributed by atoms with van der Waals surface area (Å²) in [6.07, 6.45) is 6.97. The van der Waals surface area contributed by atoms with Crippen LogP contribution in [0.2, 0.25) is 0 Å². The van der Waals surface area contributed by atoms with Crippen LogP contribution in [-0.4, -0.2) is 20.8 Å². The molecule has 0 atom stereocenters. The van der Waals surface area contributed by atoms with Gasteiger partial charge in [-0.25, -0.2) is 4.98 Å². The van der Waals surface area contributed by atoms with Crippen molar-refractivity contribution in [3.8, 4) is 11.3 Å². The maximum Gasteiger partial charge on any atom is 0.137 e. The number of hydrogen-bond donors (Lipinski definition) is 1. The second kappa shape index (κ2) is 8.56. The average Bonchev–Trinajstić information content (AvgIpc) is 3.16. The number of hydrogen-bond acceptors (Lipinski definition) is 3. The molecule has 1 aliphatic rings. The molecule has 158 valence electrons. The molecule has 0 unspecified atom stereocenters. The lowest BCUT2D eigenvalue weighted by Gasteiger charge is -2.21. The Hall–Kier alpha value is -3.11. The smallest absolute Gasteiger partial charge is 0.137 e. The van der Waals surface area contributed by atoms with Crippen LogP contribution in [-0.2, 0) is 25.9 Å². The van der Waals surface area contributed by atoms with Gasteiger partial charge in [-0.15, -0.1) is 0 Å². The molecule has 1 aliphatic carbocycles. The molecule has 0 spiro atoms. The van der Waals surface area contributed by atoms with Crippen LogP contribution < -0.4 is 5.73 Å². The number of pyridine rings is 1. The minimum absolute atomic E-state index is 0.759. The number of nitrogens with zero attached hydrogens (tertiary/aromatic N) is 3. The van der Waals surface area contributed by atoms with Crippen molar-refractivity contribution < 1.29 is 0 Å². The molecule has 0 saturated heterocycles. The molecule has 5 rings (SSSR count). The monoisotopic (exact) mass is 410 g/mol. The van der Waals surface area contributed by atoms with Crippen LogP contribution in [0.25, 0.3) is 16.9 Å². The number of nitrogens with two attached hydrogens (primary N) is 1. The lowest BCUT2D eigenvalue weighted by Crippen LogP contribution is -2.23. The van der Waals surface area contributed by atoms with Gasteiger partial charge in [0.1, 0.15) is 5.65 Å². The maximum absolute atomic E-state index is 6.16. The zero-order valence-corrected chi connectivity index (χ0v) is 18.2. The zero-order chi connectivity index (χ0) is 21.2. The van der Waals surface area contributed by atoms with Crippen LogP contribution in [0.1, 0.15) is 42.1 Å². The summed E-state index contributed by atoms with van der Waals surface area (Å²) in [5.41, 5.74) is 15.7. The van der Waals surface area contributed by atoms with E-state index in [1.54, 1.807) is 0 Å². The Morgan fingerprint density at radius 2 is 1.74 bits per heavy atom. The molecule has 2 aromatic carbocycles. The molecule has 4 heteroatoms. The van der Waals surface area contributed by atoms with Crippen molar-refractivity contribution >= 4 is 11.3 Å². The number of aryl methyl sites for hydroxylation is 2. The van der Waals surface area contributed by atoms with Crippen molar-refractivity contribution in [2.45, 2.75) is 45.7 Å². The van der Waals surface area contributed by atoms with Gasteiger partial charge < -0.3 is 10.1 Å². The van der Waals surface area contributed by atoms with Crippen molar-refractivity contribution in [3.63, 3.8) is 0 Å². The summed E-state index contributed by atoms with van der Waals surface area (Å²) in [4.78, 5) is 7.51. The Morgan fingerprint density at radius 3 is 2.55 bits per heavy atom. The Morgan fingerprint density at radius 1 is 0.935 bits per heavy atom. The van der Waals surface area contributed by atoms with Crippen LogP contribution in [0.5, 0.6) is 0 Å². The molecule has 2 heterocycles. The highest BCUT2D eigenvalue weighted by Crippen LogP contribution is 2.31. The number of aromatic nitrogens is 2. The molecule has 0 amide bonds. The first-order valence-electron chi connectivity index (χ1n) is 11.4. The van der Waals surface area contributed by atoms with Gasteiger partial charge in [0, 0.05) is 30.5 Å². The summed E-state index contributed by atoms with van der Waals surface area (Å²) in [6, 6.07) is 21.6. The molecular weight excluding hydrogens is 380 g/mol. The fourth-order valence-corrected chi connectivity index (χ4v) is 4.71. The van der Waals surface area contributed by atoms with Crippen LogP contribution in [0, 0.1) is 0 Å². The molecule has 4 aromatic rings. The number of imidazole rings is 1. The molecule has 0 saturated carbocycles. The van der Waals surface area contributed by atoms with Crippen LogP contribution >= 0.6 is 0 Å². The minimum Gasteiger partial charge on any atom is -0.398 e. The summed E-state index contributed by atoms with van der Waals surface area (Å²) in [5, 5.41) is 0. The standard InChI is InChI=1S/C27H30N4/c1-2-30(17-20-8-4-3-5-9-20)19-25-27(29-26-15-14-24(28)18-31(25)26)23-13-12-21-10-6-7-11-22(21)16-23/h3-5,8-9,12-16,18H,2,6-7,10-11,17,19,28H2,1H3. The highest BCUT2D eigenvalue weighted by atomic mass is 15.1. The SMILES string of the molecule is CCN(Cc1ccccc1)Cc1c(-c2ccc3c(c2)CCCC3)nc2ccc(N)cn12. The molecule has 4 nitrogen and oxygen atoms in total. The topological polar surface area (TPSA) is 46.6 Å². The van der Waals surface area contributed by atoms with Gasteiger partial charge in [-0.2, -0.15) is 0 Å². The van der Waals surface area contributed by atoms with E-state index in [1.165, 1.54) is 53.6 Å². The van der Waals surface area contributed by atoms with Gasteiger partial charge in [0.15, 0.2) is 0 Å². The number of rotatable bonds is 6. The molecule has 2 aromatic heterocycles. The first-order chi connectivity index (χ1) is 15.2. The summed E-state index contributed by atoms with van der Waals surface area (Å²) in [6.45, 7) is 4.92. The first-order valence-corrected chi connectivity index (χ1v) is 11.4. The second-order valence-corrected chi connectivity index (χ2v) is 8.58. The van der Waals surface area contributed by atoms with Crippen molar-refractivity contribution in [3.05, 3.63) is 89.2 Å². The number of fused-ring (bicyclic) bond motifs is 2. The first kappa shape index (κ1) is 19.8. The lowest BCUT2D eigenvalue weighted by molar-refractivity contribution is 0.268. The largest absolute Gasteiger partial charge is 0.398 e. The number of anilines is 1. The lowest BCUT2D eigenvalue weighted by atomic mass is 9.90. The van der Waals surface area contributed by atoms with Gasteiger partial charge in [-0.3, -0.25) is 4.90 Å². The highest BCUT2D eigenvalue weighted by Gasteiger charge is 2.19. The predicted molar refractivity (Wildman–Crippen MR) is 128 cm³/mol. The Labute approximate surface area is 184 Å². The third-order valence-corrected chi connectivity index (χ3v) is 6.43. The van der Waals surface area contributed by atoms with Gasteiger partial charge in [0.05, 0.1) is 11.4 Å². The van der Waals surface area contributed by atoms with E-state index in [9.17, 15) is 0 Å². The Balaban J connectivity index is 1.56. The molecule has 0 fully saturated rings. The van der Waals surface area contributed by atoms with E-state index >= 15 is 0 Å². The second-order valence-electron chi connectivity index (χ2n) is 8.58. The summed E-state index contributed by atoms with van der Waals surface area (Å²) >= 11 is 0. The van der Waals surface area contributed by atoms with Gasteiger partial charge >= 0.3 is 0 Å². The normalized spacial score (nSPS) is 13.6. The average molecular weight is 411 g/mol.